The van der Waals surface area contributed by atoms with Crippen molar-refractivity contribution < 1.29 is 19.1 Å². The van der Waals surface area contributed by atoms with Crippen LogP contribution in [0.15, 0.2) is 54.6 Å². The van der Waals surface area contributed by atoms with Gasteiger partial charge in [-0.05, 0) is 48.1 Å². The van der Waals surface area contributed by atoms with Gasteiger partial charge in [0.15, 0.2) is 6.61 Å². The van der Waals surface area contributed by atoms with E-state index in [1.165, 1.54) is 11.3 Å². The Morgan fingerprint density at radius 3 is 2.54 bits per heavy atom. The number of nitrogens with zero attached hydrogens (tertiary/aromatic N) is 1. The highest BCUT2D eigenvalue weighted by Gasteiger charge is 2.33. The lowest BCUT2D eigenvalue weighted by Gasteiger charge is -2.22. The molecule has 0 N–H and O–H groups in total. The lowest BCUT2D eigenvalue weighted by atomic mass is 10.2. The summed E-state index contributed by atoms with van der Waals surface area (Å²) in [5.41, 5.74) is 1.02. The van der Waals surface area contributed by atoms with E-state index < -0.39 is 5.97 Å². The Morgan fingerprint density at radius 1 is 1.11 bits per heavy atom. The Morgan fingerprint density at radius 2 is 1.86 bits per heavy atom. The number of hydrogen-bond acceptors (Lipinski definition) is 5. The molecule has 1 aliphatic carbocycles. The van der Waals surface area contributed by atoms with Crippen molar-refractivity contribution in [3.63, 3.8) is 0 Å². The van der Waals surface area contributed by atoms with Crippen LogP contribution < -0.4 is 4.74 Å². The Balaban J connectivity index is 1.38. The van der Waals surface area contributed by atoms with Crippen LogP contribution in [0.2, 0.25) is 0 Å². The summed E-state index contributed by atoms with van der Waals surface area (Å²) in [6.07, 6.45) is 1.98. The fraction of sp³-hybridized carbons (Fsp3) is 0.273. The summed E-state index contributed by atoms with van der Waals surface area (Å²) in [6.45, 7) is 0.271. The molecule has 0 aliphatic heterocycles. The molecule has 1 saturated carbocycles. The molecule has 1 heterocycles. The van der Waals surface area contributed by atoms with E-state index in [0.29, 0.717) is 11.4 Å². The molecule has 5 nitrogen and oxygen atoms in total. The van der Waals surface area contributed by atoms with E-state index in [1.807, 2.05) is 54.6 Å². The van der Waals surface area contributed by atoms with Crippen molar-refractivity contribution in [2.24, 2.45) is 0 Å². The molecule has 1 fully saturated rings. The molecular formula is C22H21NO4S. The van der Waals surface area contributed by atoms with Crippen LogP contribution >= 0.6 is 11.3 Å². The minimum atomic E-state index is -0.449. The third-order valence-corrected chi connectivity index (χ3v) is 5.87. The molecule has 4 rings (SSSR count). The molecule has 144 valence electrons. The molecule has 0 radical (unpaired) electrons. The SMILES string of the molecule is COc1ccc(CN(C(=O)COC(=O)c2cc3ccccc3s2)C2CC2)cc1. The molecule has 0 bridgehead atoms. The molecule has 3 aromatic rings. The molecule has 0 unspecified atom stereocenters. The summed E-state index contributed by atoms with van der Waals surface area (Å²) in [6, 6.07) is 17.5. The number of carbonyl (C=O) groups is 2. The zero-order chi connectivity index (χ0) is 19.5. The number of carbonyl (C=O) groups excluding carboxylic acids is 2. The highest BCUT2D eigenvalue weighted by Crippen LogP contribution is 2.29. The van der Waals surface area contributed by atoms with Crippen molar-refractivity contribution in [2.75, 3.05) is 13.7 Å². The van der Waals surface area contributed by atoms with E-state index >= 15 is 0 Å². The van der Waals surface area contributed by atoms with Crippen molar-refractivity contribution in [1.82, 2.24) is 4.90 Å². The molecule has 0 atom stereocenters. The highest BCUT2D eigenvalue weighted by molar-refractivity contribution is 7.20. The summed E-state index contributed by atoms with van der Waals surface area (Å²) in [5, 5.41) is 1.00. The van der Waals surface area contributed by atoms with Gasteiger partial charge in [0.05, 0.1) is 7.11 Å². The summed E-state index contributed by atoms with van der Waals surface area (Å²) in [7, 11) is 1.62. The van der Waals surface area contributed by atoms with Gasteiger partial charge in [0.2, 0.25) is 0 Å². The zero-order valence-corrected chi connectivity index (χ0v) is 16.4. The normalized spacial score (nSPS) is 13.3. The maximum atomic E-state index is 12.7. The topological polar surface area (TPSA) is 55.8 Å². The minimum Gasteiger partial charge on any atom is -0.497 e. The number of amides is 1. The molecule has 1 amide bonds. The predicted octanol–water partition coefficient (Wildman–Crippen LogP) is 4.26. The molecule has 1 aromatic heterocycles. The van der Waals surface area contributed by atoms with Crippen LogP contribution in [0, 0.1) is 0 Å². The van der Waals surface area contributed by atoms with Crippen molar-refractivity contribution >= 4 is 33.3 Å². The van der Waals surface area contributed by atoms with Crippen LogP contribution in [-0.4, -0.2) is 36.5 Å². The van der Waals surface area contributed by atoms with Crippen LogP contribution in [0.5, 0.6) is 5.75 Å². The average molecular weight is 395 g/mol. The van der Waals surface area contributed by atoms with Crippen LogP contribution in [0.4, 0.5) is 0 Å². The summed E-state index contributed by atoms with van der Waals surface area (Å²) in [5.74, 6) is 0.174. The van der Waals surface area contributed by atoms with E-state index in [1.54, 1.807) is 12.0 Å². The Hall–Kier alpha value is -2.86. The van der Waals surface area contributed by atoms with E-state index in [2.05, 4.69) is 0 Å². The molecule has 0 saturated heterocycles. The van der Waals surface area contributed by atoms with Gasteiger partial charge < -0.3 is 14.4 Å². The lowest BCUT2D eigenvalue weighted by Crippen LogP contribution is -2.36. The maximum Gasteiger partial charge on any atom is 0.348 e. The highest BCUT2D eigenvalue weighted by atomic mass is 32.1. The second kappa shape index (κ2) is 8.02. The van der Waals surface area contributed by atoms with Crippen molar-refractivity contribution in [1.29, 1.82) is 0 Å². The van der Waals surface area contributed by atoms with Gasteiger partial charge in [-0.3, -0.25) is 4.79 Å². The predicted molar refractivity (Wildman–Crippen MR) is 109 cm³/mol. The number of esters is 1. The van der Waals surface area contributed by atoms with Crippen molar-refractivity contribution in [3.05, 3.63) is 65.0 Å². The van der Waals surface area contributed by atoms with Crippen molar-refractivity contribution in [2.45, 2.75) is 25.4 Å². The van der Waals surface area contributed by atoms with Gasteiger partial charge in [-0.25, -0.2) is 4.79 Å². The Bertz CT molecular complexity index is 958. The van der Waals surface area contributed by atoms with Crippen LogP contribution in [0.25, 0.3) is 10.1 Å². The van der Waals surface area contributed by atoms with Gasteiger partial charge in [-0.1, -0.05) is 30.3 Å². The third kappa shape index (κ3) is 4.17. The van der Waals surface area contributed by atoms with E-state index in [0.717, 1.165) is 34.2 Å². The fourth-order valence-corrected chi connectivity index (χ4v) is 4.06. The second-order valence-electron chi connectivity index (χ2n) is 6.83. The first kappa shape index (κ1) is 18.5. The van der Waals surface area contributed by atoms with Gasteiger partial charge in [-0.15, -0.1) is 11.3 Å². The van der Waals surface area contributed by atoms with Crippen LogP contribution in [-0.2, 0) is 16.1 Å². The number of benzene rings is 2. The quantitative estimate of drug-likeness (QED) is 0.561. The van der Waals surface area contributed by atoms with Gasteiger partial charge in [0, 0.05) is 17.3 Å². The monoisotopic (exact) mass is 395 g/mol. The van der Waals surface area contributed by atoms with Gasteiger partial charge in [0.25, 0.3) is 5.91 Å². The number of rotatable bonds is 7. The van der Waals surface area contributed by atoms with Crippen molar-refractivity contribution in [3.8, 4) is 5.75 Å². The molecule has 28 heavy (non-hydrogen) atoms. The van der Waals surface area contributed by atoms with Gasteiger partial charge in [0.1, 0.15) is 10.6 Å². The third-order valence-electron chi connectivity index (χ3n) is 4.77. The zero-order valence-electron chi connectivity index (χ0n) is 15.6. The number of thiophene rings is 1. The molecule has 6 heteroatoms. The number of ether oxygens (including phenoxy) is 2. The van der Waals surface area contributed by atoms with E-state index in [9.17, 15) is 9.59 Å². The fourth-order valence-electron chi connectivity index (χ4n) is 3.10. The second-order valence-corrected chi connectivity index (χ2v) is 7.91. The number of fused-ring (bicyclic) bond motifs is 1. The molecular weight excluding hydrogens is 374 g/mol. The molecule has 0 spiro atoms. The Kier molecular flexibility index (Phi) is 5.30. The molecule has 2 aromatic carbocycles. The van der Waals surface area contributed by atoms with Gasteiger partial charge in [-0.2, -0.15) is 0 Å². The first-order chi connectivity index (χ1) is 13.6. The number of hydrogen-bond donors (Lipinski definition) is 0. The van der Waals surface area contributed by atoms with E-state index in [-0.39, 0.29) is 18.6 Å². The number of methoxy groups -OCH3 is 1. The summed E-state index contributed by atoms with van der Waals surface area (Å²) in [4.78, 5) is 27.4. The van der Waals surface area contributed by atoms with Gasteiger partial charge >= 0.3 is 5.97 Å². The minimum absolute atomic E-state index is 0.159. The summed E-state index contributed by atoms with van der Waals surface area (Å²) < 4.78 is 11.5. The first-order valence-corrected chi connectivity index (χ1v) is 10.0. The summed E-state index contributed by atoms with van der Waals surface area (Å²) >= 11 is 1.38. The Labute approximate surface area is 167 Å². The average Bonchev–Trinajstić information content (AvgIpc) is 3.47. The first-order valence-electron chi connectivity index (χ1n) is 9.22. The lowest BCUT2D eigenvalue weighted by molar-refractivity contribution is -0.135. The smallest absolute Gasteiger partial charge is 0.348 e. The standard InChI is InChI=1S/C22H21NO4S/c1-26-18-10-6-15(7-11-18)13-23(17-8-9-17)21(24)14-27-22(25)20-12-16-4-2-3-5-19(16)28-20/h2-7,10-12,17H,8-9,13-14H2,1H3. The van der Waals surface area contributed by atoms with Crippen LogP contribution in [0.3, 0.4) is 0 Å². The molecule has 1 aliphatic rings. The van der Waals surface area contributed by atoms with E-state index in [4.69, 9.17) is 9.47 Å². The largest absolute Gasteiger partial charge is 0.497 e. The maximum absolute atomic E-state index is 12.7. The van der Waals surface area contributed by atoms with Crippen LogP contribution in [0.1, 0.15) is 28.1 Å².